The molecule has 2 N–H and O–H groups in total. The van der Waals surface area contributed by atoms with Gasteiger partial charge in [0.25, 0.3) is 15.9 Å². The van der Waals surface area contributed by atoms with Crippen molar-refractivity contribution in [2.24, 2.45) is 0 Å². The van der Waals surface area contributed by atoms with Gasteiger partial charge in [-0.15, -0.1) is 0 Å². The number of hydrogen-bond donors (Lipinski definition) is 2. The first-order valence-electron chi connectivity index (χ1n) is 10.0. The van der Waals surface area contributed by atoms with Crippen molar-refractivity contribution in [3.8, 4) is 0 Å². The zero-order valence-corrected chi connectivity index (χ0v) is 19.1. The van der Waals surface area contributed by atoms with Crippen LogP contribution in [0.15, 0.2) is 71.6 Å². The molecule has 0 saturated carbocycles. The second kappa shape index (κ2) is 9.83. The van der Waals surface area contributed by atoms with Crippen LogP contribution < -0.4 is 10.0 Å². The quantitative estimate of drug-likeness (QED) is 0.498. The lowest BCUT2D eigenvalue weighted by Crippen LogP contribution is -2.30. The van der Waals surface area contributed by atoms with Gasteiger partial charge in [-0.3, -0.25) is 9.52 Å². The van der Waals surface area contributed by atoms with Gasteiger partial charge in [0.2, 0.25) is 0 Å². The zero-order valence-electron chi connectivity index (χ0n) is 18.3. The Labute approximate surface area is 191 Å². The van der Waals surface area contributed by atoms with Crippen molar-refractivity contribution in [1.29, 1.82) is 0 Å². The number of para-hydroxylation sites is 1. The Morgan fingerprint density at radius 2 is 1.67 bits per heavy atom. The first kappa shape index (κ1) is 23.9. The maximum absolute atomic E-state index is 13.8. The normalized spacial score (nSPS) is 12.0. The van der Waals surface area contributed by atoms with E-state index < -0.39 is 33.8 Å². The van der Waals surface area contributed by atoms with Crippen LogP contribution >= 0.6 is 0 Å². The molecule has 0 heterocycles. The number of carbonyl (C=O) groups excluding carboxylic acids is 2. The molecular weight excluding hydrogens is 447 g/mol. The third-order valence-corrected chi connectivity index (χ3v) is 6.24. The molecule has 33 heavy (non-hydrogen) atoms. The molecule has 9 heteroatoms. The van der Waals surface area contributed by atoms with E-state index in [9.17, 15) is 22.4 Å². The van der Waals surface area contributed by atoms with E-state index in [0.717, 1.165) is 11.6 Å². The second-order valence-corrected chi connectivity index (χ2v) is 9.13. The fourth-order valence-corrected chi connectivity index (χ4v) is 3.96. The molecule has 0 spiro atoms. The summed E-state index contributed by atoms with van der Waals surface area (Å²) in [5.41, 5.74) is 1.91. The zero-order chi connectivity index (χ0) is 24.2. The summed E-state index contributed by atoms with van der Waals surface area (Å²) in [6, 6.07) is 16.4. The lowest BCUT2D eigenvalue weighted by Gasteiger charge is -2.15. The summed E-state index contributed by atoms with van der Waals surface area (Å²) in [7, 11) is -4.08. The lowest BCUT2D eigenvalue weighted by molar-refractivity contribution is -0.123. The van der Waals surface area contributed by atoms with Crippen LogP contribution in [0, 0.1) is 19.7 Å². The molecule has 0 aliphatic heterocycles. The summed E-state index contributed by atoms with van der Waals surface area (Å²) < 4.78 is 46.5. The topological polar surface area (TPSA) is 102 Å². The average molecular weight is 471 g/mol. The molecule has 0 aromatic heterocycles. The van der Waals surface area contributed by atoms with Gasteiger partial charge in [0.05, 0.1) is 10.5 Å². The molecule has 3 rings (SSSR count). The van der Waals surface area contributed by atoms with E-state index in [-0.39, 0.29) is 16.1 Å². The molecule has 1 atom stereocenters. The smallest absolute Gasteiger partial charge is 0.338 e. The summed E-state index contributed by atoms with van der Waals surface area (Å²) >= 11 is 0. The Bertz CT molecular complexity index is 1310. The van der Waals surface area contributed by atoms with Crippen LogP contribution in [-0.4, -0.2) is 26.4 Å². The molecule has 0 aliphatic carbocycles. The highest BCUT2D eigenvalue weighted by Crippen LogP contribution is 2.20. The number of sulfonamides is 1. The number of rotatable bonds is 7. The highest BCUT2D eigenvalue weighted by molar-refractivity contribution is 7.92. The molecule has 1 unspecified atom stereocenters. The maximum atomic E-state index is 13.8. The number of ether oxygens (including phenoxy) is 1. The van der Waals surface area contributed by atoms with Gasteiger partial charge in [0, 0.05) is 11.4 Å². The maximum Gasteiger partial charge on any atom is 0.338 e. The number of amides is 1. The highest BCUT2D eigenvalue weighted by Gasteiger charge is 2.21. The van der Waals surface area contributed by atoms with E-state index >= 15 is 0 Å². The van der Waals surface area contributed by atoms with E-state index in [1.807, 2.05) is 19.1 Å². The predicted octanol–water partition coefficient (Wildman–Crippen LogP) is 4.43. The summed E-state index contributed by atoms with van der Waals surface area (Å²) in [5, 5.41) is 2.70. The molecule has 7 nitrogen and oxygen atoms in total. The van der Waals surface area contributed by atoms with E-state index in [0.29, 0.717) is 11.3 Å². The minimum atomic E-state index is -4.08. The molecule has 172 valence electrons. The molecular formula is C24H23FN2O5S. The van der Waals surface area contributed by atoms with Crippen LogP contribution in [0.5, 0.6) is 0 Å². The van der Waals surface area contributed by atoms with Crippen molar-refractivity contribution in [3.05, 3.63) is 89.2 Å². The molecule has 0 aliphatic rings. The van der Waals surface area contributed by atoms with Crippen LogP contribution in [-0.2, 0) is 19.6 Å². The Hall–Kier alpha value is -3.72. The molecule has 3 aromatic carbocycles. The van der Waals surface area contributed by atoms with Crippen LogP contribution in [0.1, 0.15) is 28.4 Å². The number of nitrogens with one attached hydrogen (secondary N) is 2. The first-order chi connectivity index (χ1) is 15.6. The van der Waals surface area contributed by atoms with Crippen LogP contribution in [0.25, 0.3) is 0 Å². The van der Waals surface area contributed by atoms with E-state index in [1.54, 1.807) is 12.1 Å². The standard InChI is InChI=1S/C24H23FN2O5S/c1-15-11-12-20(14-21(15)25)33(30,31)27-19-9-6-8-18(13-19)24(29)32-17(3)23(28)26-22-10-5-4-7-16(22)2/h4-14,17,27H,1-3H3,(H,26,28). The number of anilines is 2. The third-order valence-electron chi connectivity index (χ3n) is 4.86. The summed E-state index contributed by atoms with van der Waals surface area (Å²) in [6.07, 6.45) is -1.09. The SMILES string of the molecule is Cc1ccc(S(=O)(=O)Nc2cccc(C(=O)OC(C)C(=O)Nc3ccccc3C)c2)cc1F. The van der Waals surface area contributed by atoms with Crippen molar-refractivity contribution >= 4 is 33.3 Å². The second-order valence-electron chi connectivity index (χ2n) is 7.45. The molecule has 1 amide bonds. The van der Waals surface area contributed by atoms with Gasteiger partial charge in [-0.25, -0.2) is 17.6 Å². The molecule has 0 radical (unpaired) electrons. The fourth-order valence-electron chi connectivity index (χ4n) is 2.89. The average Bonchev–Trinajstić information content (AvgIpc) is 2.77. The molecule has 0 fully saturated rings. The van der Waals surface area contributed by atoms with Gasteiger partial charge in [-0.2, -0.15) is 0 Å². The van der Waals surface area contributed by atoms with Gasteiger partial charge in [-0.1, -0.05) is 30.3 Å². The molecule has 0 bridgehead atoms. The van der Waals surface area contributed by atoms with Gasteiger partial charge >= 0.3 is 5.97 Å². The fraction of sp³-hybridized carbons (Fsp3) is 0.167. The van der Waals surface area contributed by atoms with E-state index in [2.05, 4.69) is 10.0 Å². The van der Waals surface area contributed by atoms with E-state index in [1.165, 1.54) is 50.2 Å². The number of aryl methyl sites for hydroxylation is 2. The van der Waals surface area contributed by atoms with Crippen molar-refractivity contribution in [1.82, 2.24) is 0 Å². The van der Waals surface area contributed by atoms with Crippen molar-refractivity contribution in [2.75, 3.05) is 10.0 Å². The van der Waals surface area contributed by atoms with Crippen LogP contribution in [0.3, 0.4) is 0 Å². The monoisotopic (exact) mass is 470 g/mol. The minimum Gasteiger partial charge on any atom is -0.449 e. The third kappa shape index (κ3) is 5.95. The number of hydrogen-bond acceptors (Lipinski definition) is 5. The van der Waals surface area contributed by atoms with Crippen LogP contribution in [0.4, 0.5) is 15.8 Å². The largest absolute Gasteiger partial charge is 0.449 e. The lowest BCUT2D eigenvalue weighted by atomic mass is 10.2. The van der Waals surface area contributed by atoms with Crippen LogP contribution in [0.2, 0.25) is 0 Å². The Morgan fingerprint density at radius 3 is 2.36 bits per heavy atom. The van der Waals surface area contributed by atoms with E-state index in [4.69, 9.17) is 4.74 Å². The van der Waals surface area contributed by atoms with Crippen molar-refractivity contribution in [3.63, 3.8) is 0 Å². The number of carbonyl (C=O) groups is 2. The van der Waals surface area contributed by atoms with Gasteiger partial charge < -0.3 is 10.1 Å². The predicted molar refractivity (Wildman–Crippen MR) is 123 cm³/mol. The first-order valence-corrected chi connectivity index (χ1v) is 11.5. The Kier molecular flexibility index (Phi) is 7.13. The number of esters is 1. The number of benzene rings is 3. The molecule has 3 aromatic rings. The summed E-state index contributed by atoms with van der Waals surface area (Å²) in [6.45, 7) is 4.80. The summed E-state index contributed by atoms with van der Waals surface area (Å²) in [4.78, 5) is 24.7. The summed E-state index contributed by atoms with van der Waals surface area (Å²) in [5.74, 6) is -1.95. The molecule has 0 saturated heterocycles. The minimum absolute atomic E-state index is 0.0424. The Balaban J connectivity index is 1.69. The van der Waals surface area contributed by atoms with Crippen molar-refractivity contribution < 1.29 is 27.1 Å². The van der Waals surface area contributed by atoms with Gasteiger partial charge in [0.1, 0.15) is 5.82 Å². The van der Waals surface area contributed by atoms with Gasteiger partial charge in [-0.05, 0) is 68.3 Å². The van der Waals surface area contributed by atoms with Gasteiger partial charge in [0.15, 0.2) is 6.10 Å². The Morgan fingerprint density at radius 1 is 0.939 bits per heavy atom. The van der Waals surface area contributed by atoms with Crippen molar-refractivity contribution in [2.45, 2.75) is 31.8 Å². The number of halogens is 1. The highest BCUT2D eigenvalue weighted by atomic mass is 32.2.